The van der Waals surface area contributed by atoms with Gasteiger partial charge >= 0.3 is 0 Å². The van der Waals surface area contributed by atoms with Gasteiger partial charge in [0.2, 0.25) is 0 Å². The van der Waals surface area contributed by atoms with Crippen molar-refractivity contribution in [3.63, 3.8) is 0 Å². The Morgan fingerprint density at radius 2 is 2.00 bits per heavy atom. The van der Waals surface area contributed by atoms with E-state index < -0.39 is 0 Å². The third-order valence-electron chi connectivity index (χ3n) is 3.55. The minimum atomic E-state index is -0.374. The molecule has 0 aliphatic heterocycles. The van der Waals surface area contributed by atoms with Crippen LogP contribution in [0.3, 0.4) is 0 Å². The first-order valence-corrected chi connectivity index (χ1v) is 5.93. The Bertz CT molecular complexity index is 372. The van der Waals surface area contributed by atoms with Crippen LogP contribution in [-0.4, -0.2) is 19.8 Å². The molecule has 0 aliphatic rings. The van der Waals surface area contributed by atoms with Crippen LogP contribution in [-0.2, 0) is 4.74 Å². The van der Waals surface area contributed by atoms with Crippen LogP contribution in [0.4, 0.5) is 0 Å². The molecular weight excluding hydrogens is 214 g/mol. The van der Waals surface area contributed by atoms with E-state index in [1.807, 2.05) is 26.0 Å². The fraction of sp³-hybridized carbons (Fsp3) is 0.571. The van der Waals surface area contributed by atoms with E-state index in [9.17, 15) is 0 Å². The van der Waals surface area contributed by atoms with Crippen molar-refractivity contribution in [1.29, 1.82) is 0 Å². The number of aryl methyl sites for hydroxylation is 1. The Morgan fingerprint density at radius 3 is 2.47 bits per heavy atom. The van der Waals surface area contributed by atoms with Gasteiger partial charge in [0.25, 0.3) is 0 Å². The lowest BCUT2D eigenvalue weighted by Crippen LogP contribution is -2.39. The molecule has 1 aromatic carbocycles. The molecule has 1 rings (SSSR count). The summed E-state index contributed by atoms with van der Waals surface area (Å²) in [6.45, 7) is 6.15. The van der Waals surface area contributed by atoms with Gasteiger partial charge in [-0.05, 0) is 26.3 Å². The summed E-state index contributed by atoms with van der Waals surface area (Å²) >= 11 is 0. The Morgan fingerprint density at radius 1 is 1.35 bits per heavy atom. The second kappa shape index (κ2) is 5.52. The highest BCUT2D eigenvalue weighted by atomic mass is 16.5. The van der Waals surface area contributed by atoms with Crippen molar-refractivity contribution in [2.24, 2.45) is 5.73 Å². The number of ether oxygens (including phenoxy) is 2. The summed E-state index contributed by atoms with van der Waals surface area (Å²) < 4.78 is 10.9. The highest BCUT2D eigenvalue weighted by Gasteiger charge is 2.32. The number of benzene rings is 1. The van der Waals surface area contributed by atoms with Crippen LogP contribution < -0.4 is 10.5 Å². The molecule has 2 N–H and O–H groups in total. The molecule has 0 spiro atoms. The second-order valence-corrected chi connectivity index (χ2v) is 4.59. The zero-order chi connectivity index (χ0) is 13.1. The smallest absolute Gasteiger partial charge is 0.123 e. The normalized spacial score (nSPS) is 16.4. The van der Waals surface area contributed by atoms with Crippen molar-refractivity contribution in [2.75, 3.05) is 14.2 Å². The minimum absolute atomic E-state index is 0.202. The Balaban J connectivity index is 3.18. The number of hydrogen-bond acceptors (Lipinski definition) is 3. The summed E-state index contributed by atoms with van der Waals surface area (Å²) in [6.07, 6.45) is 0.849. The van der Waals surface area contributed by atoms with E-state index in [2.05, 4.69) is 13.0 Å². The largest absolute Gasteiger partial charge is 0.496 e. The number of rotatable bonds is 5. The molecule has 17 heavy (non-hydrogen) atoms. The van der Waals surface area contributed by atoms with E-state index >= 15 is 0 Å². The van der Waals surface area contributed by atoms with Crippen molar-refractivity contribution in [3.05, 3.63) is 29.3 Å². The first-order valence-electron chi connectivity index (χ1n) is 5.93. The zero-order valence-corrected chi connectivity index (χ0v) is 11.4. The molecule has 2 unspecified atom stereocenters. The van der Waals surface area contributed by atoms with Crippen LogP contribution in [0.25, 0.3) is 0 Å². The van der Waals surface area contributed by atoms with Crippen molar-refractivity contribution >= 4 is 0 Å². The van der Waals surface area contributed by atoms with Gasteiger partial charge in [-0.2, -0.15) is 0 Å². The van der Waals surface area contributed by atoms with E-state index in [0.29, 0.717) is 0 Å². The summed E-state index contributed by atoms with van der Waals surface area (Å²) in [5.41, 5.74) is 8.13. The van der Waals surface area contributed by atoms with Crippen molar-refractivity contribution in [3.8, 4) is 5.75 Å². The molecule has 3 heteroatoms. The lowest BCUT2D eigenvalue weighted by molar-refractivity contribution is -0.0199. The van der Waals surface area contributed by atoms with E-state index in [-0.39, 0.29) is 11.6 Å². The van der Waals surface area contributed by atoms with E-state index in [0.717, 1.165) is 17.7 Å². The summed E-state index contributed by atoms with van der Waals surface area (Å²) in [5, 5.41) is 0. The van der Waals surface area contributed by atoms with Gasteiger partial charge in [-0.25, -0.2) is 0 Å². The SMILES string of the molecule is CCC(C)(OC)C(N)c1cc(C)ccc1OC. The molecule has 0 aromatic heterocycles. The standard InChI is InChI=1S/C14H23NO2/c1-6-14(3,17-5)13(15)11-9-10(2)7-8-12(11)16-4/h7-9,13H,6,15H2,1-5H3. The first-order chi connectivity index (χ1) is 7.98. The molecule has 3 nitrogen and oxygen atoms in total. The topological polar surface area (TPSA) is 44.5 Å². The number of hydrogen-bond donors (Lipinski definition) is 1. The Labute approximate surface area is 104 Å². The molecule has 0 radical (unpaired) electrons. The average molecular weight is 237 g/mol. The van der Waals surface area contributed by atoms with Crippen LogP contribution in [0.5, 0.6) is 5.75 Å². The fourth-order valence-electron chi connectivity index (χ4n) is 1.92. The summed E-state index contributed by atoms with van der Waals surface area (Å²) in [7, 11) is 3.36. The fourth-order valence-corrected chi connectivity index (χ4v) is 1.92. The maximum atomic E-state index is 6.33. The predicted molar refractivity (Wildman–Crippen MR) is 70.4 cm³/mol. The maximum absolute atomic E-state index is 6.33. The molecule has 1 aromatic rings. The summed E-state index contributed by atoms with van der Waals surface area (Å²) in [6, 6.07) is 5.84. The summed E-state index contributed by atoms with van der Waals surface area (Å²) in [4.78, 5) is 0. The van der Waals surface area contributed by atoms with Crippen LogP contribution >= 0.6 is 0 Å². The average Bonchev–Trinajstić information content (AvgIpc) is 2.36. The van der Waals surface area contributed by atoms with Gasteiger partial charge in [0.05, 0.1) is 18.8 Å². The minimum Gasteiger partial charge on any atom is -0.496 e. The molecule has 0 amide bonds. The number of methoxy groups -OCH3 is 2. The van der Waals surface area contributed by atoms with Crippen LogP contribution in [0, 0.1) is 6.92 Å². The Kier molecular flexibility index (Phi) is 4.54. The molecular formula is C14H23NO2. The van der Waals surface area contributed by atoms with Crippen molar-refractivity contribution in [1.82, 2.24) is 0 Å². The van der Waals surface area contributed by atoms with Gasteiger partial charge in [0, 0.05) is 12.7 Å². The maximum Gasteiger partial charge on any atom is 0.123 e. The number of nitrogens with two attached hydrogens (primary N) is 1. The van der Waals surface area contributed by atoms with Crippen LogP contribution in [0.15, 0.2) is 18.2 Å². The quantitative estimate of drug-likeness (QED) is 0.856. The first kappa shape index (κ1) is 14.0. The zero-order valence-electron chi connectivity index (χ0n) is 11.4. The molecule has 0 heterocycles. The highest BCUT2D eigenvalue weighted by molar-refractivity contribution is 5.40. The van der Waals surface area contributed by atoms with Gasteiger partial charge in [-0.3, -0.25) is 0 Å². The van der Waals surface area contributed by atoms with Gasteiger partial charge in [0.15, 0.2) is 0 Å². The third kappa shape index (κ3) is 2.79. The Hall–Kier alpha value is -1.06. The van der Waals surface area contributed by atoms with E-state index in [1.54, 1.807) is 14.2 Å². The molecule has 0 saturated carbocycles. The lowest BCUT2D eigenvalue weighted by Gasteiger charge is -2.34. The molecule has 0 saturated heterocycles. The van der Waals surface area contributed by atoms with Crippen molar-refractivity contribution < 1.29 is 9.47 Å². The molecule has 0 fully saturated rings. The molecule has 96 valence electrons. The van der Waals surface area contributed by atoms with Crippen molar-refractivity contribution in [2.45, 2.75) is 38.8 Å². The van der Waals surface area contributed by atoms with Crippen LogP contribution in [0.2, 0.25) is 0 Å². The van der Waals surface area contributed by atoms with E-state index in [4.69, 9.17) is 15.2 Å². The lowest BCUT2D eigenvalue weighted by atomic mass is 9.87. The van der Waals surface area contributed by atoms with Gasteiger partial charge in [-0.1, -0.05) is 24.6 Å². The van der Waals surface area contributed by atoms with E-state index in [1.165, 1.54) is 5.56 Å². The molecule has 0 aliphatic carbocycles. The monoisotopic (exact) mass is 237 g/mol. The third-order valence-corrected chi connectivity index (χ3v) is 3.55. The van der Waals surface area contributed by atoms with Gasteiger partial charge in [-0.15, -0.1) is 0 Å². The highest BCUT2D eigenvalue weighted by Crippen LogP contribution is 2.35. The predicted octanol–water partition coefficient (Wildman–Crippen LogP) is 2.82. The molecule has 0 bridgehead atoms. The summed E-state index contributed by atoms with van der Waals surface area (Å²) in [5.74, 6) is 0.819. The molecule has 2 atom stereocenters. The van der Waals surface area contributed by atoms with Crippen LogP contribution in [0.1, 0.15) is 37.4 Å². The van der Waals surface area contributed by atoms with Gasteiger partial charge in [0.1, 0.15) is 5.75 Å². The second-order valence-electron chi connectivity index (χ2n) is 4.59. The van der Waals surface area contributed by atoms with Gasteiger partial charge < -0.3 is 15.2 Å².